The third-order valence-electron chi connectivity index (χ3n) is 7.27. The maximum Gasteiger partial charge on any atom is 0.407 e. The van der Waals surface area contributed by atoms with Gasteiger partial charge in [0.25, 0.3) is 0 Å². The minimum Gasteiger partial charge on any atom is -0.445 e. The topological polar surface area (TPSA) is 103 Å². The number of nitrogens with one attached hydrogen (secondary N) is 1. The Morgan fingerprint density at radius 2 is 1.81 bits per heavy atom. The summed E-state index contributed by atoms with van der Waals surface area (Å²) in [5.74, 6) is 0.795. The molecular weight excluding hydrogens is 583 g/mol. The summed E-state index contributed by atoms with van der Waals surface area (Å²) in [6, 6.07) is 24.0. The van der Waals surface area contributed by atoms with Crippen molar-refractivity contribution in [3.63, 3.8) is 0 Å². The van der Waals surface area contributed by atoms with Gasteiger partial charge in [-0.3, -0.25) is 0 Å². The molecule has 0 bridgehead atoms. The number of aryl methyl sites for hydroxylation is 1. The van der Waals surface area contributed by atoms with Crippen molar-refractivity contribution in [1.82, 2.24) is 15.5 Å². The van der Waals surface area contributed by atoms with Gasteiger partial charge < -0.3 is 24.6 Å². The molecule has 4 aromatic rings. The van der Waals surface area contributed by atoms with E-state index in [2.05, 4.69) is 29.0 Å². The van der Waals surface area contributed by atoms with Crippen molar-refractivity contribution in [2.45, 2.75) is 49.8 Å². The first kappa shape index (κ1) is 30.9. The van der Waals surface area contributed by atoms with Gasteiger partial charge in [-0.05, 0) is 34.7 Å². The van der Waals surface area contributed by atoms with Crippen molar-refractivity contribution in [2.24, 2.45) is 5.92 Å². The van der Waals surface area contributed by atoms with Crippen LogP contribution < -0.4 is 5.32 Å². The van der Waals surface area contributed by atoms with Crippen LogP contribution in [0.3, 0.4) is 0 Å². The van der Waals surface area contributed by atoms with Gasteiger partial charge >= 0.3 is 6.09 Å². The number of aliphatic hydroxyl groups excluding tert-OH is 1. The maximum absolute atomic E-state index is 12.0. The zero-order valence-corrected chi connectivity index (χ0v) is 25.8. The molecule has 0 radical (unpaired) electrons. The van der Waals surface area contributed by atoms with Crippen LogP contribution in [0.25, 0.3) is 11.1 Å². The van der Waals surface area contributed by atoms with Crippen LogP contribution >= 0.6 is 23.1 Å². The van der Waals surface area contributed by atoms with Crippen LogP contribution in [0.4, 0.5) is 4.79 Å². The van der Waals surface area contributed by atoms with Crippen molar-refractivity contribution in [2.75, 3.05) is 12.4 Å². The van der Waals surface area contributed by atoms with Gasteiger partial charge in [0.05, 0.1) is 18.8 Å². The second kappa shape index (κ2) is 14.8. The van der Waals surface area contributed by atoms with Crippen molar-refractivity contribution in [3.8, 4) is 11.1 Å². The molecule has 0 aliphatic carbocycles. The van der Waals surface area contributed by atoms with Crippen LogP contribution in [0, 0.1) is 12.8 Å². The summed E-state index contributed by atoms with van der Waals surface area (Å²) >= 11 is 3.23. The summed E-state index contributed by atoms with van der Waals surface area (Å²) in [5.41, 5.74) is 5.82. The molecule has 2 N–H and O–H groups in total. The standard InChI is InChI=1S/C33H35N3O5S2/c1-4-17-39-32(38)34-18-27-7-5-6-8-28(27)24-13-15-26(16-14-24)31-40-29(20-42-33-36-35-22(3)43-33)21(2)30(41-31)25-11-9-23(19-37)10-12-25/h4-16,21,29-31,37H,1,17-20H2,2-3H3,(H,34,38)/t21-,29+,30+,31+/m0/s1. The number of aromatic nitrogens is 2. The Kier molecular flexibility index (Phi) is 10.6. The van der Waals surface area contributed by atoms with Crippen LogP contribution in [0.2, 0.25) is 0 Å². The molecule has 0 unspecified atom stereocenters. The largest absolute Gasteiger partial charge is 0.445 e. The van der Waals surface area contributed by atoms with E-state index in [1.165, 1.54) is 6.08 Å². The molecule has 224 valence electrons. The summed E-state index contributed by atoms with van der Waals surface area (Å²) in [4.78, 5) is 12.0. The number of thioether (sulfide) groups is 1. The van der Waals surface area contributed by atoms with Gasteiger partial charge in [0.15, 0.2) is 10.6 Å². The van der Waals surface area contributed by atoms with E-state index in [1.54, 1.807) is 23.1 Å². The fourth-order valence-corrected chi connectivity index (χ4v) is 6.93. The molecule has 1 aliphatic rings. The molecule has 1 aliphatic heterocycles. The van der Waals surface area contributed by atoms with E-state index in [4.69, 9.17) is 14.2 Å². The van der Waals surface area contributed by atoms with Crippen LogP contribution in [-0.2, 0) is 27.4 Å². The Balaban J connectivity index is 1.35. The highest BCUT2D eigenvalue weighted by molar-refractivity contribution is 8.01. The molecule has 1 saturated heterocycles. The first-order chi connectivity index (χ1) is 20.9. The van der Waals surface area contributed by atoms with Crippen LogP contribution in [0.15, 0.2) is 89.8 Å². The number of rotatable bonds is 11. The summed E-state index contributed by atoms with van der Waals surface area (Å²) in [6.45, 7) is 8.17. The third kappa shape index (κ3) is 7.90. The fourth-order valence-electron chi connectivity index (χ4n) is 4.93. The minimum atomic E-state index is -0.564. The second-order valence-corrected chi connectivity index (χ2v) is 12.7. The summed E-state index contributed by atoms with van der Waals surface area (Å²) in [6.07, 6.45) is 0.195. The number of hydrogen-bond donors (Lipinski definition) is 2. The fraction of sp³-hybridized carbons (Fsp3) is 0.303. The van der Waals surface area contributed by atoms with E-state index in [9.17, 15) is 9.90 Å². The maximum atomic E-state index is 12.0. The van der Waals surface area contributed by atoms with E-state index in [-0.39, 0.29) is 31.3 Å². The number of carbonyl (C=O) groups excluding carboxylic acids is 1. The quantitative estimate of drug-likeness (QED) is 0.137. The molecule has 3 aromatic carbocycles. The minimum absolute atomic E-state index is 0.00143. The van der Waals surface area contributed by atoms with E-state index in [0.29, 0.717) is 12.3 Å². The monoisotopic (exact) mass is 617 g/mol. The molecule has 1 aromatic heterocycles. The Morgan fingerprint density at radius 3 is 2.51 bits per heavy atom. The molecule has 0 saturated carbocycles. The van der Waals surface area contributed by atoms with Crippen molar-refractivity contribution in [3.05, 3.63) is 113 Å². The second-order valence-electron chi connectivity index (χ2n) is 10.2. The molecule has 2 heterocycles. The van der Waals surface area contributed by atoms with Gasteiger partial charge in [-0.1, -0.05) is 115 Å². The summed E-state index contributed by atoms with van der Waals surface area (Å²) < 4.78 is 19.2. The molecule has 4 atom stereocenters. The predicted octanol–water partition coefficient (Wildman–Crippen LogP) is 7.00. The molecule has 43 heavy (non-hydrogen) atoms. The van der Waals surface area contributed by atoms with Crippen LogP contribution in [0.1, 0.15) is 46.6 Å². The first-order valence-corrected chi connectivity index (χ1v) is 15.9. The van der Waals surface area contributed by atoms with Gasteiger partial charge in [-0.15, -0.1) is 10.2 Å². The van der Waals surface area contributed by atoms with E-state index >= 15 is 0 Å². The lowest BCUT2D eigenvalue weighted by Crippen LogP contribution is -2.38. The number of hydrogen-bond acceptors (Lipinski definition) is 9. The first-order valence-electron chi connectivity index (χ1n) is 14.1. The summed E-state index contributed by atoms with van der Waals surface area (Å²) in [7, 11) is 0. The third-order valence-corrected chi connectivity index (χ3v) is 9.33. The van der Waals surface area contributed by atoms with Crippen molar-refractivity contribution < 1.29 is 24.1 Å². The molecule has 1 fully saturated rings. The van der Waals surface area contributed by atoms with E-state index in [0.717, 1.165) is 42.7 Å². The average molecular weight is 618 g/mol. The van der Waals surface area contributed by atoms with E-state index < -0.39 is 12.4 Å². The number of aliphatic hydroxyl groups is 1. The number of amides is 1. The normalized spacial score (nSPS) is 20.0. The van der Waals surface area contributed by atoms with Gasteiger partial charge in [0.1, 0.15) is 11.6 Å². The molecule has 10 heteroatoms. The highest BCUT2D eigenvalue weighted by atomic mass is 32.2. The van der Waals surface area contributed by atoms with Gasteiger partial charge in [-0.25, -0.2) is 4.79 Å². The highest BCUT2D eigenvalue weighted by Gasteiger charge is 2.38. The smallest absolute Gasteiger partial charge is 0.407 e. The van der Waals surface area contributed by atoms with E-state index in [1.807, 2.05) is 79.7 Å². The number of alkyl carbamates (subject to hydrolysis) is 1. The Bertz CT molecular complexity index is 1510. The summed E-state index contributed by atoms with van der Waals surface area (Å²) in [5, 5.41) is 21.7. The van der Waals surface area contributed by atoms with Gasteiger partial charge in [0, 0.05) is 23.8 Å². The van der Waals surface area contributed by atoms with Gasteiger partial charge in [0.2, 0.25) is 0 Å². The predicted molar refractivity (Wildman–Crippen MR) is 169 cm³/mol. The average Bonchev–Trinajstić information content (AvgIpc) is 3.47. The Morgan fingerprint density at radius 1 is 1.07 bits per heavy atom. The number of nitrogens with zero attached hydrogens (tertiary/aromatic N) is 2. The zero-order valence-electron chi connectivity index (χ0n) is 24.1. The SMILES string of the molecule is C=CCOC(=O)NCc1ccccc1-c1ccc([C@@H]2O[C@H](CSc3nnc(C)s3)[C@H](C)[C@H](c3ccc(CO)cc3)O2)cc1. The molecular formula is C33H35N3O5S2. The van der Waals surface area contributed by atoms with Crippen LogP contribution in [0.5, 0.6) is 0 Å². The Hall–Kier alpha value is -3.54. The Labute approximate surface area is 260 Å². The lowest BCUT2D eigenvalue weighted by atomic mass is 9.91. The van der Waals surface area contributed by atoms with Crippen LogP contribution in [-0.4, -0.2) is 39.9 Å². The lowest BCUT2D eigenvalue weighted by molar-refractivity contribution is -0.268. The van der Waals surface area contributed by atoms with Crippen molar-refractivity contribution >= 4 is 29.2 Å². The molecule has 1 amide bonds. The molecule has 5 rings (SSSR count). The lowest BCUT2D eigenvalue weighted by Gasteiger charge is -2.41. The van der Waals surface area contributed by atoms with Gasteiger partial charge in [-0.2, -0.15) is 0 Å². The number of carbonyl (C=O) groups is 1. The molecule has 0 spiro atoms. The number of ether oxygens (including phenoxy) is 3. The molecule has 8 nitrogen and oxygen atoms in total. The number of benzene rings is 3. The van der Waals surface area contributed by atoms with Crippen molar-refractivity contribution in [1.29, 1.82) is 0 Å². The highest BCUT2D eigenvalue weighted by Crippen LogP contribution is 2.43. The zero-order chi connectivity index (χ0) is 30.2.